The molecule has 4 N–H and O–H groups in total. The van der Waals surface area contributed by atoms with Crippen LogP contribution in [-0.4, -0.2) is 106 Å². The molecule has 15 heteroatoms. The highest BCUT2D eigenvalue weighted by Crippen LogP contribution is 2.32. The summed E-state index contributed by atoms with van der Waals surface area (Å²) in [6.07, 6.45) is -2.96. The second kappa shape index (κ2) is 16.9. The van der Waals surface area contributed by atoms with E-state index in [0.29, 0.717) is 37.4 Å². The molecule has 0 saturated carbocycles. The van der Waals surface area contributed by atoms with Gasteiger partial charge in [-0.1, -0.05) is 48.5 Å². The minimum absolute atomic E-state index is 0.00541. The van der Waals surface area contributed by atoms with Crippen LogP contribution in [0.15, 0.2) is 83.9 Å². The first-order valence-corrected chi connectivity index (χ1v) is 18.0. The number of pyridine rings is 1. The number of hydrogen-bond donors (Lipinski definition) is 4. The fourth-order valence-corrected chi connectivity index (χ4v) is 7.33. The number of aromatic nitrogens is 2. The van der Waals surface area contributed by atoms with E-state index in [9.17, 15) is 33.0 Å². The number of hydrogen-bond acceptors (Lipinski definition) is 10. The average molecular weight is 739 g/mol. The van der Waals surface area contributed by atoms with Gasteiger partial charge < -0.3 is 25.6 Å². The quantitative estimate of drug-likeness (QED) is 0.162. The molecule has 0 spiro atoms. The molecule has 6 rings (SSSR count). The highest BCUT2D eigenvalue weighted by atomic mass is 32.1. The lowest BCUT2D eigenvalue weighted by molar-refractivity contribution is -0.143. The van der Waals surface area contributed by atoms with Crippen LogP contribution >= 0.6 is 11.3 Å². The van der Waals surface area contributed by atoms with Gasteiger partial charge in [0.25, 0.3) is 0 Å². The van der Waals surface area contributed by atoms with Gasteiger partial charge in [0.15, 0.2) is 0 Å². The summed E-state index contributed by atoms with van der Waals surface area (Å²) in [4.78, 5) is 39.5. The van der Waals surface area contributed by atoms with Gasteiger partial charge in [-0.05, 0) is 36.1 Å². The number of carbonyl (C=O) groups is 2. The van der Waals surface area contributed by atoms with E-state index in [1.807, 2.05) is 52.0 Å². The van der Waals surface area contributed by atoms with E-state index in [4.69, 9.17) is 4.74 Å². The van der Waals surface area contributed by atoms with Gasteiger partial charge >= 0.3 is 6.18 Å². The standard InChI is InChI=1S/C37H41F3N6O5S/c38-37(39,40)22-42-36(50)31-19-45(17-25-13-27(16-41-15-25)30-21-52-23-43-30)10-11-46(31)18-28(47)14-26(12-24-6-2-1-3-7-24)35(49)44-34-29-8-4-5-9-33(29)51-20-32(34)48/h1-9,13,15-16,21,23,26,28,31-32,34,47-48H,10-12,14,17-20,22H2,(H,42,50)(H,44,49)/t26-,28+,31+,32-,34+/m1/s1. The van der Waals surface area contributed by atoms with Gasteiger partial charge in [-0.3, -0.25) is 24.4 Å². The van der Waals surface area contributed by atoms with E-state index in [2.05, 4.69) is 15.3 Å². The fourth-order valence-electron chi connectivity index (χ4n) is 6.77. The van der Waals surface area contributed by atoms with Gasteiger partial charge in [0.05, 0.1) is 23.4 Å². The zero-order valence-electron chi connectivity index (χ0n) is 28.3. The van der Waals surface area contributed by atoms with Gasteiger partial charge in [-0.2, -0.15) is 13.2 Å². The third kappa shape index (κ3) is 9.92. The van der Waals surface area contributed by atoms with Crippen LogP contribution < -0.4 is 15.4 Å². The number of thiazole rings is 1. The number of β-amino-alcohol motifs (C(OH)–C–C–N with tert-alkyl or cyclic N) is 1. The van der Waals surface area contributed by atoms with Crippen molar-refractivity contribution in [2.75, 3.05) is 39.3 Å². The molecule has 5 atom stereocenters. The van der Waals surface area contributed by atoms with Crippen molar-refractivity contribution in [1.29, 1.82) is 0 Å². The number of piperazine rings is 1. The van der Waals surface area contributed by atoms with Crippen molar-refractivity contribution in [1.82, 2.24) is 30.4 Å². The average Bonchev–Trinajstić information content (AvgIpc) is 3.68. The highest BCUT2D eigenvalue weighted by Gasteiger charge is 2.37. The van der Waals surface area contributed by atoms with E-state index in [1.54, 1.807) is 47.1 Å². The lowest BCUT2D eigenvalue weighted by Crippen LogP contribution is -2.60. The topological polar surface area (TPSA) is 140 Å². The first-order valence-electron chi connectivity index (χ1n) is 17.1. The summed E-state index contributed by atoms with van der Waals surface area (Å²) in [6, 6.07) is 16.7. The number of ether oxygens (including phenoxy) is 1. The minimum Gasteiger partial charge on any atom is -0.490 e. The Morgan fingerprint density at radius 3 is 2.62 bits per heavy atom. The predicted octanol–water partition coefficient (Wildman–Crippen LogP) is 3.59. The van der Waals surface area contributed by atoms with Crippen molar-refractivity contribution in [3.8, 4) is 17.0 Å². The molecule has 2 aromatic heterocycles. The number of aliphatic hydroxyl groups excluding tert-OH is 2. The Bertz CT molecular complexity index is 1780. The highest BCUT2D eigenvalue weighted by molar-refractivity contribution is 7.07. The van der Waals surface area contributed by atoms with Crippen LogP contribution in [0, 0.1) is 5.92 Å². The summed E-state index contributed by atoms with van der Waals surface area (Å²) in [5.74, 6) is -1.33. The summed E-state index contributed by atoms with van der Waals surface area (Å²) in [6.45, 7) is -0.214. The molecule has 276 valence electrons. The number of rotatable bonds is 13. The van der Waals surface area contributed by atoms with Gasteiger partial charge in [-0.15, -0.1) is 11.3 Å². The molecule has 2 amide bonds. The minimum atomic E-state index is -4.59. The number of nitrogens with one attached hydrogen (secondary N) is 2. The number of nitrogens with zero attached hydrogens (tertiary/aromatic N) is 4. The smallest absolute Gasteiger partial charge is 0.405 e. The molecule has 0 bridgehead atoms. The van der Waals surface area contributed by atoms with Crippen LogP contribution in [0.3, 0.4) is 0 Å². The number of fused-ring (bicyclic) bond motifs is 1. The second-order valence-electron chi connectivity index (χ2n) is 13.2. The summed E-state index contributed by atoms with van der Waals surface area (Å²) in [5, 5.41) is 29.1. The van der Waals surface area contributed by atoms with Crippen LogP contribution in [0.1, 0.15) is 29.2 Å². The maximum atomic E-state index is 13.9. The lowest BCUT2D eigenvalue weighted by Gasteiger charge is -2.41. The predicted molar refractivity (Wildman–Crippen MR) is 188 cm³/mol. The van der Waals surface area contributed by atoms with Crippen LogP contribution in [-0.2, 0) is 22.6 Å². The van der Waals surface area contributed by atoms with Crippen molar-refractivity contribution in [2.45, 2.75) is 49.9 Å². The summed E-state index contributed by atoms with van der Waals surface area (Å²) < 4.78 is 45.0. The SMILES string of the molecule is O=C(N[C@H]1c2ccccc2OC[C@H]1O)[C@H](Cc1ccccc1)C[C@H](O)CN1CCN(Cc2cncc(-c3cscn3)c2)C[C@H]1C(=O)NCC(F)(F)F. The second-order valence-corrected chi connectivity index (χ2v) is 13.9. The molecule has 2 aromatic carbocycles. The zero-order valence-corrected chi connectivity index (χ0v) is 29.1. The molecule has 11 nitrogen and oxygen atoms in total. The Balaban J connectivity index is 1.15. The number of halogens is 3. The molecule has 0 radical (unpaired) electrons. The van der Waals surface area contributed by atoms with Crippen LogP contribution in [0.25, 0.3) is 11.3 Å². The molecule has 52 heavy (non-hydrogen) atoms. The lowest BCUT2D eigenvalue weighted by atomic mass is 9.90. The number of benzene rings is 2. The molecule has 2 aliphatic rings. The molecule has 0 aliphatic carbocycles. The van der Waals surface area contributed by atoms with Crippen LogP contribution in [0.5, 0.6) is 5.75 Å². The number of alkyl halides is 3. The third-order valence-corrected chi connectivity index (χ3v) is 9.90. The van der Waals surface area contributed by atoms with Crippen LogP contribution in [0.2, 0.25) is 0 Å². The Labute approximate surface area is 303 Å². The van der Waals surface area contributed by atoms with Gasteiger partial charge in [0.1, 0.15) is 31.0 Å². The molecule has 1 fully saturated rings. The molecule has 4 heterocycles. The number of carbonyl (C=O) groups excluding carboxylic acids is 2. The number of amides is 2. The van der Waals surface area contributed by atoms with E-state index >= 15 is 0 Å². The molecule has 0 unspecified atom stereocenters. The molecular formula is C37H41F3N6O5S. The van der Waals surface area contributed by atoms with E-state index in [-0.39, 0.29) is 32.0 Å². The van der Waals surface area contributed by atoms with Gasteiger partial charge in [-0.25, -0.2) is 4.98 Å². The summed E-state index contributed by atoms with van der Waals surface area (Å²) >= 11 is 1.46. The summed E-state index contributed by atoms with van der Waals surface area (Å²) in [5.41, 5.74) is 5.73. The number of aliphatic hydroxyl groups is 2. The maximum Gasteiger partial charge on any atom is 0.405 e. The van der Waals surface area contributed by atoms with Gasteiger partial charge in [0, 0.05) is 67.5 Å². The largest absolute Gasteiger partial charge is 0.490 e. The van der Waals surface area contributed by atoms with Crippen molar-refractivity contribution < 1.29 is 37.7 Å². The van der Waals surface area contributed by atoms with E-state index in [1.165, 1.54) is 11.3 Å². The Morgan fingerprint density at radius 1 is 1.06 bits per heavy atom. The maximum absolute atomic E-state index is 13.9. The molecule has 4 aromatic rings. The van der Waals surface area contributed by atoms with Crippen molar-refractivity contribution in [2.24, 2.45) is 5.92 Å². The first-order chi connectivity index (χ1) is 25.0. The van der Waals surface area contributed by atoms with E-state index < -0.39 is 48.8 Å². The monoisotopic (exact) mass is 738 g/mol. The Hall–Kier alpha value is -4.41. The van der Waals surface area contributed by atoms with Crippen molar-refractivity contribution >= 4 is 23.2 Å². The third-order valence-electron chi connectivity index (χ3n) is 9.31. The fraction of sp³-hybridized carbons (Fsp3) is 0.405. The molecule has 2 aliphatic heterocycles. The normalized spacial score (nSPS) is 20.7. The van der Waals surface area contributed by atoms with Crippen LogP contribution in [0.4, 0.5) is 13.2 Å². The Morgan fingerprint density at radius 2 is 1.85 bits per heavy atom. The molecule has 1 saturated heterocycles. The zero-order chi connectivity index (χ0) is 36.7. The summed E-state index contributed by atoms with van der Waals surface area (Å²) in [7, 11) is 0. The van der Waals surface area contributed by atoms with E-state index in [0.717, 1.165) is 22.4 Å². The number of para-hydroxylation sites is 1. The Kier molecular flexibility index (Phi) is 12.2. The van der Waals surface area contributed by atoms with Crippen molar-refractivity contribution in [3.63, 3.8) is 0 Å². The molecular weight excluding hydrogens is 698 g/mol. The van der Waals surface area contributed by atoms with Gasteiger partial charge in [0.2, 0.25) is 11.8 Å². The first kappa shape index (κ1) is 37.4. The van der Waals surface area contributed by atoms with Crippen molar-refractivity contribution in [3.05, 3.63) is 101 Å².